The maximum absolute atomic E-state index is 13.2. The lowest BCUT2D eigenvalue weighted by Gasteiger charge is -2.21. The molecule has 1 aliphatic heterocycles. The van der Waals surface area contributed by atoms with Crippen LogP contribution < -0.4 is 10.2 Å². The molecule has 0 amide bonds. The average Bonchev–Trinajstić information content (AvgIpc) is 2.71. The molecule has 0 aromatic heterocycles. The van der Waals surface area contributed by atoms with Gasteiger partial charge in [0.15, 0.2) is 0 Å². The van der Waals surface area contributed by atoms with Crippen LogP contribution in [0.25, 0.3) is 0 Å². The molecule has 1 N–H and O–H groups in total. The van der Waals surface area contributed by atoms with Gasteiger partial charge in [-0.15, -0.1) is 0 Å². The Morgan fingerprint density at radius 1 is 1.50 bits per heavy atom. The van der Waals surface area contributed by atoms with E-state index in [2.05, 4.69) is 10.2 Å². The number of nitrogens with zero attached hydrogens (tertiary/aromatic N) is 1. The summed E-state index contributed by atoms with van der Waals surface area (Å²) in [6.45, 7) is 5.16. The first kappa shape index (κ1) is 11.4. The van der Waals surface area contributed by atoms with Gasteiger partial charge in [-0.1, -0.05) is 6.07 Å². The van der Waals surface area contributed by atoms with Gasteiger partial charge in [0, 0.05) is 18.8 Å². The van der Waals surface area contributed by atoms with Crippen LogP contribution in [0.4, 0.5) is 10.1 Å². The van der Waals surface area contributed by atoms with Crippen LogP contribution in [0, 0.1) is 18.7 Å². The summed E-state index contributed by atoms with van der Waals surface area (Å²) in [6.07, 6.45) is 1.19. The molecule has 1 aromatic rings. The molecule has 1 unspecified atom stereocenters. The van der Waals surface area contributed by atoms with Gasteiger partial charge in [-0.05, 0) is 50.6 Å². The van der Waals surface area contributed by atoms with E-state index in [1.54, 1.807) is 6.07 Å². The Balaban J connectivity index is 2.11. The SMILES string of the molecule is CNCC1CCN(c2cc(F)ccc2C)C1. The van der Waals surface area contributed by atoms with Gasteiger partial charge in [0.2, 0.25) is 0 Å². The molecule has 16 heavy (non-hydrogen) atoms. The zero-order chi connectivity index (χ0) is 11.5. The number of nitrogens with one attached hydrogen (secondary N) is 1. The Hall–Kier alpha value is -1.09. The third-order valence-electron chi connectivity index (χ3n) is 3.29. The van der Waals surface area contributed by atoms with Crippen LogP contribution in [-0.2, 0) is 0 Å². The maximum atomic E-state index is 13.2. The summed E-state index contributed by atoms with van der Waals surface area (Å²) < 4.78 is 13.2. The average molecular weight is 222 g/mol. The number of hydrogen-bond donors (Lipinski definition) is 1. The molecule has 1 atom stereocenters. The molecular weight excluding hydrogens is 203 g/mol. The minimum absolute atomic E-state index is 0.141. The summed E-state index contributed by atoms with van der Waals surface area (Å²) in [5.41, 5.74) is 2.21. The van der Waals surface area contributed by atoms with Crippen LogP contribution in [0.15, 0.2) is 18.2 Å². The molecule has 3 heteroatoms. The second-order valence-electron chi connectivity index (χ2n) is 4.59. The summed E-state index contributed by atoms with van der Waals surface area (Å²) in [5.74, 6) is 0.547. The molecule has 2 rings (SSSR count). The molecule has 1 heterocycles. The molecule has 0 bridgehead atoms. The van der Waals surface area contributed by atoms with Crippen LogP contribution in [0.1, 0.15) is 12.0 Å². The van der Waals surface area contributed by atoms with E-state index in [9.17, 15) is 4.39 Å². The lowest BCUT2D eigenvalue weighted by molar-refractivity contribution is 0.549. The van der Waals surface area contributed by atoms with Crippen LogP contribution >= 0.6 is 0 Å². The maximum Gasteiger partial charge on any atom is 0.125 e. The monoisotopic (exact) mass is 222 g/mol. The second-order valence-corrected chi connectivity index (χ2v) is 4.59. The van der Waals surface area contributed by atoms with Crippen LogP contribution in [0.5, 0.6) is 0 Å². The van der Waals surface area contributed by atoms with E-state index in [-0.39, 0.29) is 5.82 Å². The molecule has 0 spiro atoms. The van der Waals surface area contributed by atoms with Gasteiger partial charge in [-0.25, -0.2) is 4.39 Å². The summed E-state index contributed by atoms with van der Waals surface area (Å²) >= 11 is 0. The van der Waals surface area contributed by atoms with Crippen molar-refractivity contribution in [1.29, 1.82) is 0 Å². The Kier molecular flexibility index (Phi) is 3.44. The fraction of sp³-hybridized carbons (Fsp3) is 0.538. The molecule has 1 aromatic carbocycles. The van der Waals surface area contributed by atoms with Gasteiger partial charge in [0.25, 0.3) is 0 Å². The van der Waals surface area contributed by atoms with Crippen molar-refractivity contribution >= 4 is 5.69 Å². The van der Waals surface area contributed by atoms with E-state index in [1.807, 2.05) is 20.0 Å². The summed E-state index contributed by atoms with van der Waals surface area (Å²) in [6, 6.07) is 5.03. The number of rotatable bonds is 3. The topological polar surface area (TPSA) is 15.3 Å². The molecule has 2 nitrogen and oxygen atoms in total. The quantitative estimate of drug-likeness (QED) is 0.843. The predicted octanol–water partition coefficient (Wildman–Crippen LogP) is 2.18. The second kappa shape index (κ2) is 4.83. The van der Waals surface area contributed by atoms with Gasteiger partial charge in [0.1, 0.15) is 5.82 Å². The van der Waals surface area contributed by atoms with Crippen molar-refractivity contribution in [3.8, 4) is 0 Å². The minimum atomic E-state index is -0.141. The van der Waals surface area contributed by atoms with Crippen LogP contribution in [0.2, 0.25) is 0 Å². The molecule has 0 saturated carbocycles. The molecule has 1 fully saturated rings. The van der Waals surface area contributed by atoms with Crippen molar-refractivity contribution < 1.29 is 4.39 Å². The van der Waals surface area contributed by atoms with Gasteiger partial charge in [-0.3, -0.25) is 0 Å². The first-order valence-electron chi connectivity index (χ1n) is 5.86. The number of aryl methyl sites for hydroxylation is 1. The number of anilines is 1. The highest BCUT2D eigenvalue weighted by molar-refractivity contribution is 5.54. The molecule has 1 saturated heterocycles. The molecule has 88 valence electrons. The third-order valence-corrected chi connectivity index (χ3v) is 3.29. The molecule has 0 aliphatic carbocycles. The highest BCUT2D eigenvalue weighted by atomic mass is 19.1. The zero-order valence-corrected chi connectivity index (χ0v) is 9.96. The predicted molar refractivity (Wildman–Crippen MR) is 65.4 cm³/mol. The van der Waals surface area contributed by atoms with Crippen molar-refractivity contribution in [2.45, 2.75) is 13.3 Å². The van der Waals surface area contributed by atoms with Gasteiger partial charge in [0.05, 0.1) is 0 Å². The van der Waals surface area contributed by atoms with Crippen molar-refractivity contribution in [2.75, 3.05) is 31.6 Å². The van der Waals surface area contributed by atoms with Crippen molar-refractivity contribution in [2.24, 2.45) is 5.92 Å². The Morgan fingerprint density at radius 3 is 3.06 bits per heavy atom. The van der Waals surface area contributed by atoms with Gasteiger partial charge >= 0.3 is 0 Å². The zero-order valence-electron chi connectivity index (χ0n) is 9.96. The van der Waals surface area contributed by atoms with E-state index in [0.29, 0.717) is 5.92 Å². The lowest BCUT2D eigenvalue weighted by atomic mass is 10.1. The molecule has 0 radical (unpaired) electrons. The van der Waals surface area contributed by atoms with Crippen molar-refractivity contribution in [3.63, 3.8) is 0 Å². The molecular formula is C13H19FN2. The third kappa shape index (κ3) is 2.35. The molecule has 1 aliphatic rings. The van der Waals surface area contributed by atoms with Crippen LogP contribution in [-0.4, -0.2) is 26.7 Å². The Bertz CT molecular complexity index is 365. The highest BCUT2D eigenvalue weighted by Gasteiger charge is 2.23. The Labute approximate surface area is 96.5 Å². The Morgan fingerprint density at radius 2 is 2.31 bits per heavy atom. The van der Waals surface area contributed by atoms with E-state index in [1.165, 1.54) is 12.5 Å². The number of halogens is 1. The first-order valence-corrected chi connectivity index (χ1v) is 5.86. The number of hydrogen-bond acceptors (Lipinski definition) is 2. The normalized spacial score (nSPS) is 20.4. The smallest absolute Gasteiger partial charge is 0.125 e. The van der Waals surface area contributed by atoms with Crippen LogP contribution in [0.3, 0.4) is 0 Å². The fourth-order valence-electron chi connectivity index (χ4n) is 2.43. The lowest BCUT2D eigenvalue weighted by Crippen LogP contribution is -2.24. The van der Waals surface area contributed by atoms with E-state index < -0.39 is 0 Å². The highest BCUT2D eigenvalue weighted by Crippen LogP contribution is 2.27. The fourth-order valence-corrected chi connectivity index (χ4v) is 2.43. The standard InChI is InChI=1S/C13H19FN2/c1-10-3-4-12(14)7-13(10)16-6-5-11(9-16)8-15-2/h3-4,7,11,15H,5-6,8-9H2,1-2H3. The van der Waals surface area contributed by atoms with Gasteiger partial charge < -0.3 is 10.2 Å². The summed E-state index contributed by atoms with van der Waals surface area (Å²) in [5, 5.41) is 3.21. The number of benzene rings is 1. The first-order chi connectivity index (χ1) is 7.70. The summed E-state index contributed by atoms with van der Waals surface area (Å²) in [7, 11) is 1.98. The van der Waals surface area contributed by atoms with E-state index in [4.69, 9.17) is 0 Å². The minimum Gasteiger partial charge on any atom is -0.371 e. The van der Waals surface area contributed by atoms with E-state index >= 15 is 0 Å². The van der Waals surface area contributed by atoms with E-state index in [0.717, 1.165) is 30.9 Å². The van der Waals surface area contributed by atoms with Gasteiger partial charge in [-0.2, -0.15) is 0 Å². The van der Waals surface area contributed by atoms with Crippen molar-refractivity contribution in [3.05, 3.63) is 29.6 Å². The van der Waals surface area contributed by atoms with Crippen molar-refractivity contribution in [1.82, 2.24) is 5.32 Å². The largest absolute Gasteiger partial charge is 0.371 e. The summed E-state index contributed by atoms with van der Waals surface area (Å²) in [4.78, 5) is 2.29.